The molecule has 0 saturated carbocycles. The number of benzene rings is 1. The molecule has 0 spiro atoms. The Kier molecular flexibility index (Phi) is 6.26. The van der Waals surface area contributed by atoms with Gasteiger partial charge in [-0.2, -0.15) is 0 Å². The zero-order valence-electron chi connectivity index (χ0n) is 13.4. The number of hydrogen-bond donors (Lipinski definition) is 3. The summed E-state index contributed by atoms with van der Waals surface area (Å²) in [6.07, 6.45) is 0. The van der Waals surface area contributed by atoms with E-state index in [1.54, 1.807) is 24.3 Å². The van der Waals surface area contributed by atoms with Gasteiger partial charge in [-0.1, -0.05) is 12.1 Å². The van der Waals surface area contributed by atoms with Crippen LogP contribution in [-0.4, -0.2) is 42.9 Å². The zero-order chi connectivity index (χ0) is 19.5. The summed E-state index contributed by atoms with van der Waals surface area (Å²) in [5.74, 6) is -2.67. The Bertz CT molecular complexity index is 953. The summed E-state index contributed by atoms with van der Waals surface area (Å²) >= 11 is 4.14. The predicted octanol–water partition coefficient (Wildman–Crippen LogP) is 3.10. The van der Waals surface area contributed by atoms with Gasteiger partial charge in [0.1, 0.15) is 0 Å². The number of aromatic carboxylic acids is 1. The van der Waals surface area contributed by atoms with Crippen molar-refractivity contribution < 1.29 is 33.0 Å². The van der Waals surface area contributed by atoms with Crippen molar-refractivity contribution in [2.45, 2.75) is 6.92 Å². The minimum Gasteiger partial charge on any atom is -0.479 e. The van der Waals surface area contributed by atoms with E-state index < -0.39 is 28.6 Å². The normalized spacial score (nSPS) is 11.2. The topological polar surface area (TPSA) is 130 Å². The summed E-state index contributed by atoms with van der Waals surface area (Å²) in [7, 11) is -3.46. The zero-order valence-corrected chi connectivity index (χ0v) is 16.6. The van der Waals surface area contributed by atoms with Gasteiger partial charge in [-0.3, -0.25) is 4.72 Å². The summed E-state index contributed by atoms with van der Waals surface area (Å²) in [4.78, 5) is 22.4. The van der Waals surface area contributed by atoms with Crippen molar-refractivity contribution in [1.82, 2.24) is 0 Å². The Morgan fingerprint density at radius 2 is 2.00 bits per heavy atom. The van der Waals surface area contributed by atoms with Gasteiger partial charge in [-0.15, -0.1) is 11.3 Å². The van der Waals surface area contributed by atoms with Crippen LogP contribution in [0.2, 0.25) is 0 Å². The van der Waals surface area contributed by atoms with Crippen molar-refractivity contribution in [1.29, 1.82) is 0 Å². The molecular weight excluding hydrogens is 450 g/mol. The minimum absolute atomic E-state index is 0.0839. The van der Waals surface area contributed by atoms with Crippen molar-refractivity contribution in [2.24, 2.45) is 0 Å². The average molecular weight is 464 g/mol. The molecule has 1 aromatic heterocycles. The van der Waals surface area contributed by atoms with Crippen LogP contribution in [0.25, 0.3) is 10.4 Å². The number of aliphatic carboxylic acids is 1. The van der Waals surface area contributed by atoms with Gasteiger partial charge >= 0.3 is 11.9 Å². The number of hydrogen-bond acceptors (Lipinski definition) is 6. The average Bonchev–Trinajstić information content (AvgIpc) is 2.89. The van der Waals surface area contributed by atoms with Crippen LogP contribution >= 0.6 is 27.3 Å². The van der Waals surface area contributed by atoms with Gasteiger partial charge in [0, 0.05) is 5.69 Å². The van der Waals surface area contributed by atoms with Crippen LogP contribution in [0.15, 0.2) is 28.7 Å². The molecule has 0 amide bonds. The van der Waals surface area contributed by atoms with Gasteiger partial charge in [0.25, 0.3) is 0 Å². The number of thiophene rings is 1. The van der Waals surface area contributed by atoms with Crippen molar-refractivity contribution in [2.75, 3.05) is 17.1 Å². The second-order valence-electron chi connectivity index (χ2n) is 4.98. The molecule has 0 radical (unpaired) electrons. The van der Waals surface area contributed by atoms with Crippen LogP contribution in [-0.2, 0) is 14.8 Å². The van der Waals surface area contributed by atoms with Crippen LogP contribution in [0, 0.1) is 0 Å². The summed E-state index contributed by atoms with van der Waals surface area (Å²) in [5.41, 5.74) is 0.875. The van der Waals surface area contributed by atoms with E-state index in [0.717, 1.165) is 11.3 Å². The number of rotatable bonds is 8. The van der Waals surface area contributed by atoms with Crippen LogP contribution in [0.3, 0.4) is 0 Å². The SMILES string of the molecule is CCS(=O)(=O)Nc1cccc(-c2sc(C(=O)O)c(OCC(=O)O)c2Br)c1. The van der Waals surface area contributed by atoms with E-state index in [9.17, 15) is 23.1 Å². The number of halogens is 1. The lowest BCUT2D eigenvalue weighted by Gasteiger charge is -2.08. The molecule has 0 bridgehead atoms. The molecule has 3 N–H and O–H groups in total. The first-order chi connectivity index (χ1) is 12.1. The van der Waals surface area contributed by atoms with E-state index >= 15 is 0 Å². The molecule has 0 atom stereocenters. The maximum Gasteiger partial charge on any atom is 0.349 e. The highest BCUT2D eigenvalue weighted by molar-refractivity contribution is 9.10. The highest BCUT2D eigenvalue weighted by atomic mass is 79.9. The highest BCUT2D eigenvalue weighted by Gasteiger charge is 2.24. The van der Waals surface area contributed by atoms with Crippen molar-refractivity contribution in [3.63, 3.8) is 0 Å². The molecule has 2 aromatic rings. The third-order valence-corrected chi connectivity index (χ3v) is 6.66. The fourth-order valence-corrected chi connectivity index (χ4v) is 4.48. The molecule has 140 valence electrons. The number of carboxylic acids is 2. The lowest BCUT2D eigenvalue weighted by molar-refractivity contribution is -0.139. The summed E-state index contributed by atoms with van der Waals surface area (Å²) < 4.78 is 31.2. The van der Waals surface area contributed by atoms with Crippen LogP contribution in [0.5, 0.6) is 5.75 Å². The molecular formula is C15H14BrNO7S2. The summed E-state index contributed by atoms with van der Waals surface area (Å²) in [6.45, 7) is 0.818. The van der Waals surface area contributed by atoms with Gasteiger partial charge < -0.3 is 14.9 Å². The molecule has 0 saturated heterocycles. The predicted molar refractivity (Wildman–Crippen MR) is 101 cm³/mol. The molecule has 0 aliphatic heterocycles. The monoisotopic (exact) mass is 463 g/mol. The number of nitrogens with one attached hydrogen (secondary N) is 1. The summed E-state index contributed by atoms with van der Waals surface area (Å²) in [5, 5.41) is 18.1. The molecule has 0 unspecified atom stereocenters. The van der Waals surface area contributed by atoms with E-state index in [1.807, 2.05) is 0 Å². The Balaban J connectivity index is 2.47. The maximum absolute atomic E-state index is 11.7. The quantitative estimate of drug-likeness (QED) is 0.547. The fraction of sp³-hybridized carbons (Fsp3) is 0.200. The fourth-order valence-electron chi connectivity index (χ4n) is 1.96. The first-order valence-corrected chi connectivity index (χ1v) is 10.4. The van der Waals surface area contributed by atoms with E-state index in [0.29, 0.717) is 16.1 Å². The van der Waals surface area contributed by atoms with Gasteiger partial charge in [0.2, 0.25) is 10.0 Å². The highest BCUT2D eigenvalue weighted by Crippen LogP contribution is 2.46. The van der Waals surface area contributed by atoms with Crippen LogP contribution in [0.4, 0.5) is 5.69 Å². The van der Waals surface area contributed by atoms with Crippen molar-refractivity contribution in [3.8, 4) is 16.2 Å². The van der Waals surface area contributed by atoms with Gasteiger partial charge in [0.05, 0.1) is 15.1 Å². The number of anilines is 1. The maximum atomic E-state index is 11.7. The number of carboxylic acid groups (broad SMARTS) is 2. The Hall–Kier alpha value is -2.11. The second kappa shape index (κ2) is 8.06. The number of ether oxygens (including phenoxy) is 1. The molecule has 8 nitrogen and oxygen atoms in total. The molecule has 0 aliphatic rings. The van der Waals surface area contributed by atoms with Gasteiger partial charge in [-0.25, -0.2) is 18.0 Å². The van der Waals surface area contributed by atoms with E-state index in [1.165, 1.54) is 6.92 Å². The Morgan fingerprint density at radius 1 is 1.31 bits per heavy atom. The third-order valence-electron chi connectivity index (χ3n) is 3.12. The van der Waals surface area contributed by atoms with Gasteiger partial charge in [-0.05, 0) is 40.5 Å². The molecule has 1 aromatic carbocycles. The third kappa shape index (κ3) is 4.74. The lowest BCUT2D eigenvalue weighted by atomic mass is 10.1. The first kappa shape index (κ1) is 20.2. The molecule has 26 heavy (non-hydrogen) atoms. The van der Waals surface area contributed by atoms with E-state index in [-0.39, 0.29) is 20.9 Å². The largest absolute Gasteiger partial charge is 0.479 e. The summed E-state index contributed by atoms with van der Waals surface area (Å²) in [6, 6.07) is 6.41. The molecule has 1 heterocycles. The standard InChI is InChI=1S/C15H14BrNO7S2/c1-2-26(22,23)17-9-5-3-4-8(6-9)13-11(16)12(24-7-10(18)19)14(25-13)15(20)21/h3-6,17H,2,7H2,1H3,(H,18,19)(H,20,21). The molecule has 0 fully saturated rings. The van der Waals surface area contributed by atoms with Crippen molar-refractivity contribution >= 4 is 54.9 Å². The first-order valence-electron chi connectivity index (χ1n) is 7.15. The number of carbonyl (C=O) groups is 2. The lowest BCUT2D eigenvalue weighted by Crippen LogP contribution is -2.14. The molecule has 0 aliphatic carbocycles. The van der Waals surface area contributed by atoms with Crippen molar-refractivity contribution in [3.05, 3.63) is 33.6 Å². The number of sulfonamides is 1. The van der Waals surface area contributed by atoms with Crippen LogP contribution < -0.4 is 9.46 Å². The van der Waals surface area contributed by atoms with E-state index in [2.05, 4.69) is 20.7 Å². The Morgan fingerprint density at radius 3 is 2.58 bits per heavy atom. The van der Waals surface area contributed by atoms with Crippen LogP contribution in [0.1, 0.15) is 16.6 Å². The molecule has 2 rings (SSSR count). The minimum atomic E-state index is -3.46. The second-order valence-corrected chi connectivity index (χ2v) is 8.80. The molecule has 11 heteroatoms. The van der Waals surface area contributed by atoms with Gasteiger partial charge in [0.15, 0.2) is 17.2 Å². The van der Waals surface area contributed by atoms with E-state index in [4.69, 9.17) is 9.84 Å². The smallest absolute Gasteiger partial charge is 0.349 e. The Labute approximate surface area is 161 Å².